The molecule has 0 bridgehead atoms. The first-order chi connectivity index (χ1) is 11.4. The number of hydrogen-bond acceptors (Lipinski definition) is 5. The fourth-order valence-corrected chi connectivity index (χ4v) is 2.81. The first kappa shape index (κ1) is 21.3. The highest BCUT2D eigenvalue weighted by atomic mass is 35.5. The number of amides is 1. The van der Waals surface area contributed by atoms with Gasteiger partial charge in [0.1, 0.15) is 0 Å². The third kappa shape index (κ3) is 8.89. The maximum atomic E-state index is 11.5. The molecule has 1 aromatic rings. The van der Waals surface area contributed by atoms with Gasteiger partial charge in [0, 0.05) is 33.1 Å². The highest BCUT2D eigenvalue weighted by Gasteiger charge is 2.08. The lowest BCUT2D eigenvalue weighted by Crippen LogP contribution is -2.32. The van der Waals surface area contributed by atoms with E-state index in [-0.39, 0.29) is 23.4 Å². The van der Waals surface area contributed by atoms with E-state index in [1.54, 1.807) is 6.07 Å². The van der Waals surface area contributed by atoms with Crippen molar-refractivity contribution in [2.24, 2.45) is 0 Å². The molecule has 24 heavy (non-hydrogen) atoms. The van der Waals surface area contributed by atoms with Crippen LogP contribution in [0.25, 0.3) is 0 Å². The van der Waals surface area contributed by atoms with E-state index in [0.717, 1.165) is 30.3 Å². The van der Waals surface area contributed by atoms with Crippen LogP contribution in [-0.2, 0) is 16.1 Å². The van der Waals surface area contributed by atoms with Crippen molar-refractivity contribution in [2.75, 3.05) is 32.0 Å². The number of aliphatic hydroxyl groups excluding tert-OH is 1. The number of rotatable bonds is 10. The Hall–Kier alpha value is -0.790. The van der Waals surface area contributed by atoms with Crippen LogP contribution in [0.1, 0.15) is 18.9 Å². The average molecular weight is 393 g/mol. The third-order valence-electron chi connectivity index (χ3n) is 3.19. The molecule has 0 aliphatic carbocycles. The van der Waals surface area contributed by atoms with Crippen LogP contribution in [-0.4, -0.2) is 53.0 Å². The van der Waals surface area contributed by atoms with Gasteiger partial charge < -0.3 is 10.4 Å². The zero-order valence-electron chi connectivity index (χ0n) is 13.6. The Balaban J connectivity index is 2.36. The number of thioether (sulfide) groups is 1. The van der Waals surface area contributed by atoms with Crippen molar-refractivity contribution < 1.29 is 14.7 Å². The summed E-state index contributed by atoms with van der Waals surface area (Å²) in [5.41, 5.74) is 1.01. The van der Waals surface area contributed by atoms with Crippen LogP contribution in [0.15, 0.2) is 18.2 Å². The summed E-state index contributed by atoms with van der Waals surface area (Å²) in [6.07, 6.45) is 0.748. The predicted octanol–water partition coefficient (Wildman–Crippen LogP) is 2.57. The quantitative estimate of drug-likeness (QED) is 0.598. The highest BCUT2D eigenvalue weighted by molar-refractivity contribution is 8.14. The van der Waals surface area contributed by atoms with Gasteiger partial charge in [-0.15, -0.1) is 0 Å². The minimum absolute atomic E-state index is 0.0585. The topological polar surface area (TPSA) is 69.6 Å². The van der Waals surface area contributed by atoms with Crippen LogP contribution in [0, 0.1) is 0 Å². The predicted molar refractivity (Wildman–Crippen MR) is 99.6 cm³/mol. The number of halogens is 2. The van der Waals surface area contributed by atoms with Gasteiger partial charge in [0.25, 0.3) is 0 Å². The molecule has 1 aromatic carbocycles. The Morgan fingerprint density at radius 1 is 1.25 bits per heavy atom. The fourth-order valence-electron chi connectivity index (χ4n) is 2.06. The molecule has 134 valence electrons. The third-order valence-corrected chi connectivity index (χ3v) is 4.74. The summed E-state index contributed by atoms with van der Waals surface area (Å²) in [7, 11) is 0. The van der Waals surface area contributed by atoms with Crippen LogP contribution >= 0.6 is 35.0 Å². The van der Waals surface area contributed by atoms with Gasteiger partial charge in [-0.2, -0.15) is 0 Å². The summed E-state index contributed by atoms with van der Waals surface area (Å²) in [6, 6.07) is 5.47. The van der Waals surface area contributed by atoms with E-state index in [1.165, 1.54) is 6.92 Å². The average Bonchev–Trinajstić information content (AvgIpc) is 2.53. The van der Waals surface area contributed by atoms with Crippen LogP contribution < -0.4 is 5.32 Å². The highest BCUT2D eigenvalue weighted by Crippen LogP contribution is 2.23. The van der Waals surface area contributed by atoms with Crippen LogP contribution in [0.4, 0.5) is 0 Å². The molecule has 8 heteroatoms. The van der Waals surface area contributed by atoms with Crippen LogP contribution in [0.3, 0.4) is 0 Å². The molecule has 0 heterocycles. The molecule has 0 aromatic heterocycles. The van der Waals surface area contributed by atoms with Gasteiger partial charge in [-0.3, -0.25) is 14.5 Å². The minimum Gasteiger partial charge on any atom is -0.395 e. The van der Waals surface area contributed by atoms with Crippen molar-refractivity contribution in [1.29, 1.82) is 0 Å². The molecule has 0 saturated carbocycles. The summed E-state index contributed by atoms with van der Waals surface area (Å²) in [4.78, 5) is 24.4. The van der Waals surface area contributed by atoms with Crippen molar-refractivity contribution in [1.82, 2.24) is 10.2 Å². The van der Waals surface area contributed by atoms with Crippen molar-refractivity contribution in [2.45, 2.75) is 19.9 Å². The number of aliphatic hydroxyl groups is 1. The van der Waals surface area contributed by atoms with E-state index in [2.05, 4.69) is 10.2 Å². The molecule has 0 aliphatic heterocycles. The molecule has 1 amide bonds. The SMILES string of the molecule is CC(=O)SCC(=O)NCCCN(CCO)Cc1ccc(Cl)c(Cl)c1. The van der Waals surface area contributed by atoms with Gasteiger partial charge in [0.05, 0.1) is 22.4 Å². The molecule has 0 saturated heterocycles. The summed E-state index contributed by atoms with van der Waals surface area (Å²) >= 11 is 12.9. The zero-order valence-corrected chi connectivity index (χ0v) is 15.9. The number of carbonyl (C=O) groups excluding carboxylic acids is 2. The van der Waals surface area contributed by atoms with Crippen LogP contribution in [0.2, 0.25) is 10.0 Å². The van der Waals surface area contributed by atoms with Crippen molar-refractivity contribution in [3.63, 3.8) is 0 Å². The number of carbonyl (C=O) groups is 2. The molecule has 0 atom stereocenters. The van der Waals surface area contributed by atoms with Crippen molar-refractivity contribution in [3.05, 3.63) is 33.8 Å². The van der Waals surface area contributed by atoms with Gasteiger partial charge in [0.2, 0.25) is 5.91 Å². The van der Waals surface area contributed by atoms with Gasteiger partial charge in [-0.25, -0.2) is 0 Å². The fraction of sp³-hybridized carbons (Fsp3) is 0.500. The lowest BCUT2D eigenvalue weighted by atomic mass is 10.2. The first-order valence-corrected chi connectivity index (χ1v) is 9.33. The number of hydrogen-bond donors (Lipinski definition) is 2. The maximum Gasteiger partial charge on any atom is 0.230 e. The molecular weight excluding hydrogens is 371 g/mol. The van der Waals surface area contributed by atoms with Crippen LogP contribution in [0.5, 0.6) is 0 Å². The van der Waals surface area contributed by atoms with Crippen molar-refractivity contribution in [3.8, 4) is 0 Å². The molecule has 2 N–H and O–H groups in total. The largest absolute Gasteiger partial charge is 0.395 e. The van der Waals surface area contributed by atoms with Gasteiger partial charge >= 0.3 is 0 Å². The second kappa shape index (κ2) is 11.7. The molecule has 5 nitrogen and oxygen atoms in total. The van der Waals surface area contributed by atoms with Gasteiger partial charge in [-0.05, 0) is 24.1 Å². The second-order valence-electron chi connectivity index (χ2n) is 5.23. The summed E-state index contributed by atoms with van der Waals surface area (Å²) in [5.74, 6) is 0.00674. The lowest BCUT2D eigenvalue weighted by molar-refractivity contribution is -0.118. The Labute approximate surface area is 156 Å². The van der Waals surface area contributed by atoms with Crippen molar-refractivity contribution >= 4 is 46.0 Å². The number of nitrogens with one attached hydrogen (secondary N) is 1. The Morgan fingerprint density at radius 3 is 2.62 bits per heavy atom. The summed E-state index contributed by atoms with van der Waals surface area (Å²) in [5, 5.41) is 12.9. The normalized spacial score (nSPS) is 10.9. The Kier molecular flexibility index (Phi) is 10.4. The number of nitrogens with zero attached hydrogens (tertiary/aromatic N) is 1. The molecule has 0 unspecified atom stereocenters. The standard InChI is InChI=1S/C16H22Cl2N2O3S/c1-12(22)24-11-16(23)19-5-2-6-20(7-8-21)10-13-3-4-14(17)15(18)9-13/h3-4,9,21H,2,5-8,10-11H2,1H3,(H,19,23). The lowest BCUT2D eigenvalue weighted by Gasteiger charge is -2.21. The van der Waals surface area contributed by atoms with E-state index in [9.17, 15) is 14.7 Å². The monoisotopic (exact) mass is 392 g/mol. The summed E-state index contributed by atoms with van der Waals surface area (Å²) in [6.45, 7) is 3.93. The molecule has 0 radical (unpaired) electrons. The van der Waals surface area contributed by atoms with E-state index < -0.39 is 0 Å². The molecule has 0 aliphatic rings. The second-order valence-corrected chi connectivity index (χ2v) is 7.20. The minimum atomic E-state index is -0.145. The molecular formula is C16H22Cl2N2O3S. The van der Waals surface area contributed by atoms with E-state index in [0.29, 0.717) is 29.7 Å². The van der Waals surface area contributed by atoms with E-state index in [4.69, 9.17) is 23.2 Å². The van der Waals surface area contributed by atoms with E-state index in [1.807, 2.05) is 12.1 Å². The number of benzene rings is 1. The maximum absolute atomic E-state index is 11.5. The first-order valence-electron chi connectivity index (χ1n) is 7.59. The molecule has 1 rings (SSSR count). The Morgan fingerprint density at radius 2 is 2.00 bits per heavy atom. The van der Waals surface area contributed by atoms with Gasteiger partial charge in [0.15, 0.2) is 5.12 Å². The van der Waals surface area contributed by atoms with Gasteiger partial charge in [-0.1, -0.05) is 41.0 Å². The summed E-state index contributed by atoms with van der Waals surface area (Å²) < 4.78 is 0. The van der Waals surface area contributed by atoms with E-state index >= 15 is 0 Å². The molecule has 0 spiro atoms. The Bertz CT molecular complexity index is 558. The molecule has 0 fully saturated rings. The zero-order chi connectivity index (χ0) is 17.9. The smallest absolute Gasteiger partial charge is 0.230 e.